The largest absolute Gasteiger partial charge is 0.481 e. The number of aliphatic carboxylic acids is 1. The lowest BCUT2D eigenvalue weighted by molar-refractivity contribution is -0.137. The van der Waals surface area contributed by atoms with Crippen LogP contribution in [0.2, 0.25) is 10.0 Å². The highest BCUT2D eigenvalue weighted by molar-refractivity contribution is 6.36. The molecule has 0 aliphatic heterocycles. The summed E-state index contributed by atoms with van der Waals surface area (Å²) >= 11 is 12.0. The van der Waals surface area contributed by atoms with Crippen molar-refractivity contribution in [1.29, 1.82) is 0 Å². The standard InChI is InChI=1S/C16H16Cl2N2O4/c17-10-3-4-11(12(18)8-10)13-9-20-15(24-13)6-5-14(21)19-7-1-2-16(22)23/h3-4,8-9H,1-2,5-7H2,(H,19,21)(H,22,23). The zero-order valence-electron chi connectivity index (χ0n) is 12.7. The third kappa shape index (κ3) is 5.54. The third-order valence-corrected chi connectivity index (χ3v) is 3.75. The lowest BCUT2D eigenvalue weighted by Crippen LogP contribution is -2.25. The van der Waals surface area contributed by atoms with E-state index in [0.29, 0.717) is 46.6 Å². The summed E-state index contributed by atoms with van der Waals surface area (Å²) < 4.78 is 5.60. The number of benzene rings is 1. The van der Waals surface area contributed by atoms with E-state index >= 15 is 0 Å². The minimum atomic E-state index is -0.877. The molecule has 0 radical (unpaired) electrons. The predicted molar refractivity (Wildman–Crippen MR) is 90.2 cm³/mol. The molecule has 1 amide bonds. The van der Waals surface area contributed by atoms with Crippen LogP contribution in [-0.2, 0) is 16.0 Å². The first-order valence-electron chi connectivity index (χ1n) is 7.34. The second-order valence-electron chi connectivity index (χ2n) is 5.09. The molecule has 0 aliphatic rings. The Kier molecular flexibility index (Phi) is 6.63. The smallest absolute Gasteiger partial charge is 0.303 e. The van der Waals surface area contributed by atoms with Crippen LogP contribution in [0.1, 0.15) is 25.2 Å². The van der Waals surface area contributed by atoms with Crippen molar-refractivity contribution >= 4 is 35.1 Å². The van der Waals surface area contributed by atoms with Crippen molar-refractivity contribution < 1.29 is 19.1 Å². The van der Waals surface area contributed by atoms with Crippen molar-refractivity contribution in [3.63, 3.8) is 0 Å². The Hall–Kier alpha value is -2.05. The number of nitrogens with one attached hydrogen (secondary N) is 1. The van der Waals surface area contributed by atoms with Gasteiger partial charge in [0.25, 0.3) is 0 Å². The van der Waals surface area contributed by atoms with Gasteiger partial charge in [0, 0.05) is 36.4 Å². The molecule has 1 heterocycles. The van der Waals surface area contributed by atoms with Gasteiger partial charge in [-0.1, -0.05) is 23.2 Å². The molecule has 0 atom stereocenters. The van der Waals surface area contributed by atoms with Crippen molar-refractivity contribution in [2.24, 2.45) is 0 Å². The van der Waals surface area contributed by atoms with E-state index < -0.39 is 5.97 Å². The van der Waals surface area contributed by atoms with Gasteiger partial charge in [-0.2, -0.15) is 0 Å². The summed E-state index contributed by atoms with van der Waals surface area (Å²) in [4.78, 5) is 26.2. The van der Waals surface area contributed by atoms with E-state index in [2.05, 4.69) is 10.3 Å². The number of aryl methyl sites for hydroxylation is 1. The number of carbonyl (C=O) groups excluding carboxylic acids is 1. The Balaban J connectivity index is 1.83. The van der Waals surface area contributed by atoms with Gasteiger partial charge in [-0.05, 0) is 24.6 Å². The average Bonchev–Trinajstić information content (AvgIpc) is 2.98. The van der Waals surface area contributed by atoms with Crippen molar-refractivity contribution in [1.82, 2.24) is 10.3 Å². The molecule has 0 saturated carbocycles. The first-order chi connectivity index (χ1) is 11.5. The maximum absolute atomic E-state index is 11.7. The highest BCUT2D eigenvalue weighted by Crippen LogP contribution is 2.30. The van der Waals surface area contributed by atoms with E-state index in [1.54, 1.807) is 24.4 Å². The molecule has 0 aliphatic carbocycles. The number of hydrogen-bond acceptors (Lipinski definition) is 4. The Morgan fingerprint density at radius 2 is 2.04 bits per heavy atom. The van der Waals surface area contributed by atoms with E-state index in [9.17, 15) is 9.59 Å². The minimum absolute atomic E-state index is 0.0330. The number of carboxylic acid groups (broad SMARTS) is 1. The van der Waals surface area contributed by atoms with Gasteiger partial charge in [-0.25, -0.2) is 4.98 Å². The van der Waals surface area contributed by atoms with Crippen molar-refractivity contribution in [2.45, 2.75) is 25.7 Å². The first-order valence-corrected chi connectivity index (χ1v) is 8.10. The van der Waals surface area contributed by atoms with Gasteiger partial charge in [0.1, 0.15) is 0 Å². The number of aromatic nitrogens is 1. The summed E-state index contributed by atoms with van der Waals surface area (Å²) in [6, 6.07) is 5.06. The topological polar surface area (TPSA) is 92.4 Å². The lowest BCUT2D eigenvalue weighted by Gasteiger charge is -2.03. The summed E-state index contributed by atoms with van der Waals surface area (Å²) in [5.41, 5.74) is 0.679. The van der Waals surface area contributed by atoms with Crippen LogP contribution in [0.25, 0.3) is 11.3 Å². The van der Waals surface area contributed by atoms with Crippen molar-refractivity contribution in [2.75, 3.05) is 6.54 Å². The number of oxazole rings is 1. The van der Waals surface area contributed by atoms with Crippen LogP contribution in [-0.4, -0.2) is 28.5 Å². The van der Waals surface area contributed by atoms with Crippen LogP contribution in [0.5, 0.6) is 0 Å². The number of halogens is 2. The average molecular weight is 371 g/mol. The van der Waals surface area contributed by atoms with Crippen LogP contribution in [0.15, 0.2) is 28.8 Å². The molecule has 6 nitrogen and oxygen atoms in total. The zero-order chi connectivity index (χ0) is 17.5. The quantitative estimate of drug-likeness (QED) is 0.693. The summed E-state index contributed by atoms with van der Waals surface area (Å²) in [6.07, 6.45) is 2.54. The molecule has 128 valence electrons. The number of rotatable bonds is 8. The maximum atomic E-state index is 11.7. The molecule has 0 bridgehead atoms. The minimum Gasteiger partial charge on any atom is -0.481 e. The molecule has 2 rings (SSSR count). The molecule has 2 aromatic rings. The van der Waals surface area contributed by atoms with E-state index in [0.717, 1.165) is 0 Å². The summed E-state index contributed by atoms with van der Waals surface area (Å²) in [7, 11) is 0. The van der Waals surface area contributed by atoms with Crippen LogP contribution < -0.4 is 5.32 Å². The third-order valence-electron chi connectivity index (χ3n) is 3.21. The van der Waals surface area contributed by atoms with Gasteiger partial charge in [-0.3, -0.25) is 9.59 Å². The fourth-order valence-electron chi connectivity index (χ4n) is 2.02. The fraction of sp³-hybridized carbons (Fsp3) is 0.312. The van der Waals surface area contributed by atoms with Crippen molar-refractivity contribution in [3.8, 4) is 11.3 Å². The summed E-state index contributed by atoms with van der Waals surface area (Å²) in [6.45, 7) is 0.336. The van der Waals surface area contributed by atoms with Gasteiger partial charge < -0.3 is 14.8 Å². The van der Waals surface area contributed by atoms with E-state index in [1.165, 1.54) is 0 Å². The number of nitrogens with zero attached hydrogens (tertiary/aromatic N) is 1. The number of carbonyl (C=O) groups is 2. The Labute approximate surface area is 148 Å². The number of hydrogen-bond donors (Lipinski definition) is 2. The second-order valence-corrected chi connectivity index (χ2v) is 5.93. The molecule has 1 aromatic heterocycles. The lowest BCUT2D eigenvalue weighted by atomic mass is 10.2. The molecule has 0 fully saturated rings. The van der Waals surface area contributed by atoms with Crippen LogP contribution in [0.3, 0.4) is 0 Å². The molecular weight excluding hydrogens is 355 g/mol. The van der Waals surface area contributed by atoms with Gasteiger partial charge in [0.15, 0.2) is 11.7 Å². The molecule has 24 heavy (non-hydrogen) atoms. The molecule has 8 heteroatoms. The molecule has 1 aromatic carbocycles. The second kappa shape index (κ2) is 8.70. The Morgan fingerprint density at radius 1 is 1.25 bits per heavy atom. The fourth-order valence-corrected chi connectivity index (χ4v) is 2.52. The summed E-state index contributed by atoms with van der Waals surface area (Å²) in [5.74, 6) is -0.118. The van der Waals surface area contributed by atoms with Gasteiger partial charge >= 0.3 is 5.97 Å². The number of amides is 1. The van der Waals surface area contributed by atoms with E-state index in [4.69, 9.17) is 32.7 Å². The summed E-state index contributed by atoms with van der Waals surface area (Å²) in [5, 5.41) is 12.2. The first kappa shape index (κ1) is 18.3. The van der Waals surface area contributed by atoms with Crippen LogP contribution in [0, 0.1) is 0 Å². The molecule has 0 spiro atoms. The molecule has 2 N–H and O–H groups in total. The number of carboxylic acids is 1. The SMILES string of the molecule is O=C(O)CCCNC(=O)CCc1ncc(-c2ccc(Cl)cc2Cl)o1. The Morgan fingerprint density at radius 3 is 2.75 bits per heavy atom. The van der Waals surface area contributed by atoms with Gasteiger partial charge in [-0.15, -0.1) is 0 Å². The van der Waals surface area contributed by atoms with E-state index in [-0.39, 0.29) is 18.7 Å². The van der Waals surface area contributed by atoms with Crippen molar-refractivity contribution in [3.05, 3.63) is 40.3 Å². The zero-order valence-corrected chi connectivity index (χ0v) is 14.2. The van der Waals surface area contributed by atoms with E-state index in [1.807, 2.05) is 0 Å². The molecule has 0 saturated heterocycles. The normalized spacial score (nSPS) is 10.6. The molecule has 0 unspecified atom stereocenters. The van der Waals surface area contributed by atoms with Crippen LogP contribution in [0.4, 0.5) is 0 Å². The van der Waals surface area contributed by atoms with Gasteiger partial charge in [0.05, 0.1) is 11.2 Å². The molecular formula is C16H16Cl2N2O4. The highest BCUT2D eigenvalue weighted by atomic mass is 35.5. The van der Waals surface area contributed by atoms with Crippen LogP contribution >= 0.6 is 23.2 Å². The Bertz CT molecular complexity index is 731. The van der Waals surface area contributed by atoms with Gasteiger partial charge in [0.2, 0.25) is 5.91 Å². The predicted octanol–water partition coefficient (Wildman–Crippen LogP) is 3.56. The monoisotopic (exact) mass is 370 g/mol. The maximum Gasteiger partial charge on any atom is 0.303 e. The highest BCUT2D eigenvalue weighted by Gasteiger charge is 2.11.